The topological polar surface area (TPSA) is 24.9 Å². The second-order valence-electron chi connectivity index (χ2n) is 6.15. The van der Waals surface area contributed by atoms with E-state index < -0.39 is 0 Å². The molecule has 2 heterocycles. The fourth-order valence-electron chi connectivity index (χ4n) is 3.78. The third-order valence-corrected chi connectivity index (χ3v) is 4.87. The van der Waals surface area contributed by atoms with Crippen molar-refractivity contribution < 1.29 is 0 Å². The van der Waals surface area contributed by atoms with Crippen molar-refractivity contribution in [2.75, 3.05) is 6.54 Å². The molecule has 2 nitrogen and oxygen atoms in total. The van der Waals surface area contributed by atoms with Crippen molar-refractivity contribution in [2.45, 2.75) is 63.3 Å². The van der Waals surface area contributed by atoms with Gasteiger partial charge in [0.25, 0.3) is 0 Å². The van der Waals surface area contributed by atoms with E-state index in [0.717, 1.165) is 0 Å². The van der Waals surface area contributed by atoms with E-state index in [-0.39, 0.29) is 5.54 Å². The lowest BCUT2D eigenvalue weighted by atomic mass is 9.72. The van der Waals surface area contributed by atoms with Crippen molar-refractivity contribution in [1.29, 1.82) is 0 Å². The molecule has 1 saturated heterocycles. The molecule has 2 unspecified atom stereocenters. The van der Waals surface area contributed by atoms with Gasteiger partial charge in [-0.1, -0.05) is 18.9 Å². The SMILES string of the molecule is CC1(C2CCCc3cccnc32)CCCCCN1. The smallest absolute Gasteiger partial charge is 0.0484 e. The normalized spacial score (nSPS) is 32.6. The van der Waals surface area contributed by atoms with Crippen LogP contribution in [0.25, 0.3) is 0 Å². The molecule has 0 amide bonds. The Morgan fingerprint density at radius 3 is 3.17 bits per heavy atom. The van der Waals surface area contributed by atoms with Crippen LogP contribution in [0.2, 0.25) is 0 Å². The maximum atomic E-state index is 4.71. The lowest BCUT2D eigenvalue weighted by Crippen LogP contribution is -2.48. The summed E-state index contributed by atoms with van der Waals surface area (Å²) in [5.74, 6) is 0.612. The zero-order valence-corrected chi connectivity index (χ0v) is 11.4. The predicted octanol–water partition coefficient (Wildman–Crippen LogP) is 3.42. The average molecular weight is 244 g/mol. The minimum atomic E-state index is 0.264. The van der Waals surface area contributed by atoms with Crippen molar-refractivity contribution >= 4 is 0 Å². The second kappa shape index (κ2) is 5.00. The molecule has 1 aliphatic heterocycles. The number of nitrogens with one attached hydrogen (secondary N) is 1. The van der Waals surface area contributed by atoms with Crippen LogP contribution < -0.4 is 5.32 Å². The molecule has 18 heavy (non-hydrogen) atoms. The first-order chi connectivity index (χ1) is 8.80. The Bertz CT molecular complexity index is 405. The number of hydrogen-bond donors (Lipinski definition) is 1. The van der Waals surface area contributed by atoms with Gasteiger partial charge in [0, 0.05) is 23.3 Å². The van der Waals surface area contributed by atoms with Gasteiger partial charge < -0.3 is 5.32 Å². The molecule has 1 aliphatic carbocycles. The summed E-state index contributed by atoms with van der Waals surface area (Å²) in [7, 11) is 0. The summed E-state index contributed by atoms with van der Waals surface area (Å²) in [5.41, 5.74) is 3.13. The fraction of sp³-hybridized carbons (Fsp3) is 0.688. The molecule has 0 bridgehead atoms. The van der Waals surface area contributed by atoms with Crippen molar-refractivity contribution in [1.82, 2.24) is 10.3 Å². The third kappa shape index (κ3) is 2.18. The number of rotatable bonds is 1. The van der Waals surface area contributed by atoms with Crippen molar-refractivity contribution in [3.05, 3.63) is 29.6 Å². The molecule has 2 heteroatoms. The van der Waals surface area contributed by atoms with Crippen LogP contribution in [0.1, 0.15) is 62.6 Å². The maximum Gasteiger partial charge on any atom is 0.0484 e. The summed E-state index contributed by atoms with van der Waals surface area (Å²) >= 11 is 0. The molecule has 0 spiro atoms. The van der Waals surface area contributed by atoms with Gasteiger partial charge in [0.2, 0.25) is 0 Å². The highest BCUT2D eigenvalue weighted by Crippen LogP contribution is 2.40. The van der Waals surface area contributed by atoms with Gasteiger partial charge in [0.05, 0.1) is 0 Å². The van der Waals surface area contributed by atoms with Crippen LogP contribution in [0.3, 0.4) is 0 Å². The molecule has 1 fully saturated rings. The first-order valence-corrected chi connectivity index (χ1v) is 7.48. The number of nitrogens with zero attached hydrogens (tertiary/aromatic N) is 1. The molecule has 1 aromatic heterocycles. The summed E-state index contributed by atoms with van der Waals surface area (Å²) in [6.45, 7) is 3.60. The summed E-state index contributed by atoms with van der Waals surface area (Å²) in [6, 6.07) is 4.36. The summed E-state index contributed by atoms with van der Waals surface area (Å²) in [4.78, 5) is 4.71. The highest BCUT2D eigenvalue weighted by atomic mass is 15.0. The predicted molar refractivity (Wildman–Crippen MR) is 74.8 cm³/mol. The van der Waals surface area contributed by atoms with E-state index in [0.29, 0.717) is 5.92 Å². The molecule has 1 N–H and O–H groups in total. The molecule has 2 aliphatic rings. The summed E-state index contributed by atoms with van der Waals surface area (Å²) < 4.78 is 0. The van der Waals surface area contributed by atoms with Gasteiger partial charge in [-0.2, -0.15) is 0 Å². The largest absolute Gasteiger partial charge is 0.311 e. The molecule has 3 rings (SSSR count). The van der Waals surface area contributed by atoms with Crippen LogP contribution in [0.15, 0.2) is 18.3 Å². The molecule has 98 valence electrons. The number of hydrogen-bond acceptors (Lipinski definition) is 2. The van der Waals surface area contributed by atoms with E-state index in [1.165, 1.54) is 62.7 Å². The van der Waals surface area contributed by atoms with E-state index in [4.69, 9.17) is 4.98 Å². The average Bonchev–Trinajstić information content (AvgIpc) is 2.64. The Hall–Kier alpha value is -0.890. The Labute approximate surface area is 110 Å². The molecular formula is C16H24N2. The lowest BCUT2D eigenvalue weighted by Gasteiger charge is -2.40. The van der Waals surface area contributed by atoms with Crippen LogP contribution in [0.5, 0.6) is 0 Å². The monoisotopic (exact) mass is 244 g/mol. The summed E-state index contributed by atoms with van der Waals surface area (Å²) in [5, 5.41) is 3.83. The quantitative estimate of drug-likeness (QED) is 0.818. The van der Waals surface area contributed by atoms with Crippen LogP contribution in [-0.4, -0.2) is 17.1 Å². The van der Waals surface area contributed by atoms with Crippen molar-refractivity contribution in [2.24, 2.45) is 0 Å². The zero-order valence-electron chi connectivity index (χ0n) is 11.4. The van der Waals surface area contributed by atoms with Crippen molar-refractivity contribution in [3.8, 4) is 0 Å². The van der Waals surface area contributed by atoms with Gasteiger partial charge in [0.1, 0.15) is 0 Å². The molecule has 0 radical (unpaired) electrons. The van der Waals surface area contributed by atoms with Crippen LogP contribution in [-0.2, 0) is 6.42 Å². The second-order valence-corrected chi connectivity index (χ2v) is 6.15. The Morgan fingerprint density at radius 1 is 1.28 bits per heavy atom. The Balaban J connectivity index is 1.92. The van der Waals surface area contributed by atoms with E-state index in [9.17, 15) is 0 Å². The van der Waals surface area contributed by atoms with Gasteiger partial charge in [0.15, 0.2) is 0 Å². The first-order valence-electron chi connectivity index (χ1n) is 7.48. The molecule has 1 aromatic rings. The maximum absolute atomic E-state index is 4.71. The van der Waals surface area contributed by atoms with Crippen LogP contribution in [0, 0.1) is 0 Å². The zero-order chi connectivity index (χ0) is 12.4. The van der Waals surface area contributed by atoms with E-state index in [1.807, 2.05) is 6.20 Å². The fourth-order valence-corrected chi connectivity index (χ4v) is 3.78. The number of aryl methyl sites for hydroxylation is 1. The van der Waals surface area contributed by atoms with Crippen molar-refractivity contribution in [3.63, 3.8) is 0 Å². The highest BCUT2D eigenvalue weighted by molar-refractivity contribution is 5.29. The van der Waals surface area contributed by atoms with Gasteiger partial charge in [-0.25, -0.2) is 0 Å². The van der Waals surface area contributed by atoms with E-state index in [1.54, 1.807) is 0 Å². The highest BCUT2D eigenvalue weighted by Gasteiger charge is 2.38. The molecular weight excluding hydrogens is 220 g/mol. The van der Waals surface area contributed by atoms with Gasteiger partial charge in [-0.3, -0.25) is 4.98 Å². The standard InChI is InChI=1S/C16H24N2/c1-16(10-3-2-4-12-18-16)14-9-5-7-13-8-6-11-17-15(13)14/h6,8,11,14,18H,2-5,7,9-10,12H2,1H3. The van der Waals surface area contributed by atoms with Crippen LogP contribution in [0.4, 0.5) is 0 Å². The number of aromatic nitrogens is 1. The summed E-state index contributed by atoms with van der Waals surface area (Å²) in [6.07, 6.45) is 11.2. The van der Waals surface area contributed by atoms with Crippen LogP contribution >= 0.6 is 0 Å². The molecule has 0 saturated carbocycles. The number of pyridine rings is 1. The van der Waals surface area contributed by atoms with E-state index in [2.05, 4.69) is 24.4 Å². The van der Waals surface area contributed by atoms with Gasteiger partial charge >= 0.3 is 0 Å². The molecule has 0 aromatic carbocycles. The van der Waals surface area contributed by atoms with E-state index >= 15 is 0 Å². The van der Waals surface area contributed by atoms with Gasteiger partial charge in [-0.05, 0) is 57.2 Å². The Kier molecular flexibility index (Phi) is 3.38. The lowest BCUT2D eigenvalue weighted by molar-refractivity contribution is 0.257. The minimum absolute atomic E-state index is 0.264. The van der Waals surface area contributed by atoms with Gasteiger partial charge in [-0.15, -0.1) is 0 Å². The first kappa shape index (κ1) is 12.2. The Morgan fingerprint density at radius 2 is 2.22 bits per heavy atom. The third-order valence-electron chi connectivity index (χ3n) is 4.87. The number of fused-ring (bicyclic) bond motifs is 1. The molecule has 2 atom stereocenters. The minimum Gasteiger partial charge on any atom is -0.311 e.